The second kappa shape index (κ2) is 5.29. The zero-order chi connectivity index (χ0) is 10.4. The summed E-state index contributed by atoms with van der Waals surface area (Å²) in [4.78, 5) is 32.1. The van der Waals surface area contributed by atoms with E-state index in [2.05, 4.69) is 5.32 Å². The van der Waals surface area contributed by atoms with E-state index in [9.17, 15) is 14.4 Å². The SMILES string of the molecule is CNC(=O)C(CC(C)=O)CC(=O)O. The number of hydrogen-bond acceptors (Lipinski definition) is 3. The molecule has 0 fully saturated rings. The minimum Gasteiger partial charge on any atom is -0.481 e. The molecule has 5 heteroatoms. The van der Waals surface area contributed by atoms with Crippen molar-refractivity contribution in [2.75, 3.05) is 7.05 Å². The normalized spacial score (nSPS) is 11.8. The van der Waals surface area contributed by atoms with Crippen molar-refractivity contribution in [1.29, 1.82) is 0 Å². The number of carboxylic acids is 1. The molecule has 0 aromatic carbocycles. The molecular weight excluding hydrogens is 174 g/mol. The number of carbonyl (C=O) groups is 3. The lowest BCUT2D eigenvalue weighted by Crippen LogP contribution is -2.30. The van der Waals surface area contributed by atoms with E-state index in [4.69, 9.17) is 5.11 Å². The molecule has 0 bridgehead atoms. The van der Waals surface area contributed by atoms with Crippen molar-refractivity contribution in [2.24, 2.45) is 5.92 Å². The molecule has 0 aromatic heterocycles. The summed E-state index contributed by atoms with van der Waals surface area (Å²) in [7, 11) is 1.41. The van der Waals surface area contributed by atoms with E-state index in [1.807, 2.05) is 0 Å². The first-order chi connectivity index (χ1) is 5.97. The van der Waals surface area contributed by atoms with Crippen LogP contribution in [0.4, 0.5) is 0 Å². The van der Waals surface area contributed by atoms with Crippen LogP contribution in [0.25, 0.3) is 0 Å². The first-order valence-electron chi connectivity index (χ1n) is 3.90. The number of carbonyl (C=O) groups excluding carboxylic acids is 2. The molecule has 0 saturated heterocycles. The number of rotatable bonds is 5. The van der Waals surface area contributed by atoms with Crippen LogP contribution in [-0.4, -0.2) is 29.8 Å². The Morgan fingerprint density at radius 3 is 2.15 bits per heavy atom. The molecule has 0 heterocycles. The van der Waals surface area contributed by atoms with E-state index in [0.717, 1.165) is 0 Å². The van der Waals surface area contributed by atoms with Crippen LogP contribution < -0.4 is 5.32 Å². The predicted octanol–water partition coefficient (Wildman–Crippen LogP) is -0.198. The number of carboxylic acid groups (broad SMARTS) is 1. The molecule has 1 atom stereocenters. The minimum atomic E-state index is -1.07. The molecule has 0 radical (unpaired) electrons. The van der Waals surface area contributed by atoms with Crippen molar-refractivity contribution < 1.29 is 19.5 Å². The monoisotopic (exact) mass is 187 g/mol. The maximum atomic E-state index is 11.1. The summed E-state index contributed by atoms with van der Waals surface area (Å²) in [6, 6.07) is 0. The molecule has 0 aromatic rings. The van der Waals surface area contributed by atoms with Crippen molar-refractivity contribution in [2.45, 2.75) is 19.8 Å². The van der Waals surface area contributed by atoms with Gasteiger partial charge in [0.25, 0.3) is 0 Å². The van der Waals surface area contributed by atoms with Gasteiger partial charge in [0.15, 0.2) is 0 Å². The van der Waals surface area contributed by atoms with Gasteiger partial charge in [-0.15, -0.1) is 0 Å². The fourth-order valence-corrected chi connectivity index (χ4v) is 1.02. The predicted molar refractivity (Wildman–Crippen MR) is 45.1 cm³/mol. The zero-order valence-corrected chi connectivity index (χ0v) is 7.66. The Balaban J connectivity index is 4.26. The molecule has 2 N–H and O–H groups in total. The summed E-state index contributed by atoms with van der Waals surface area (Å²) in [5.41, 5.74) is 0. The highest BCUT2D eigenvalue weighted by atomic mass is 16.4. The minimum absolute atomic E-state index is 0.0219. The van der Waals surface area contributed by atoms with Gasteiger partial charge in [0.2, 0.25) is 5.91 Å². The van der Waals surface area contributed by atoms with Gasteiger partial charge in [-0.1, -0.05) is 0 Å². The molecule has 1 amide bonds. The summed E-state index contributed by atoms with van der Waals surface area (Å²) < 4.78 is 0. The Hall–Kier alpha value is -1.39. The van der Waals surface area contributed by atoms with Crippen molar-refractivity contribution >= 4 is 17.7 Å². The maximum Gasteiger partial charge on any atom is 0.304 e. The fraction of sp³-hybridized carbons (Fsp3) is 0.625. The second-order valence-electron chi connectivity index (χ2n) is 2.82. The molecule has 0 spiro atoms. The van der Waals surface area contributed by atoms with Gasteiger partial charge in [-0.3, -0.25) is 9.59 Å². The van der Waals surface area contributed by atoms with Crippen LogP contribution in [0.5, 0.6) is 0 Å². The topological polar surface area (TPSA) is 83.5 Å². The van der Waals surface area contributed by atoms with Crippen LogP contribution in [0.1, 0.15) is 19.8 Å². The van der Waals surface area contributed by atoms with Gasteiger partial charge in [-0.05, 0) is 6.92 Å². The van der Waals surface area contributed by atoms with Crippen LogP contribution in [0, 0.1) is 5.92 Å². The first-order valence-corrected chi connectivity index (χ1v) is 3.90. The fourth-order valence-electron chi connectivity index (χ4n) is 1.02. The average molecular weight is 187 g/mol. The van der Waals surface area contributed by atoms with E-state index in [1.54, 1.807) is 0 Å². The quantitative estimate of drug-likeness (QED) is 0.624. The van der Waals surface area contributed by atoms with Crippen LogP contribution in [0.3, 0.4) is 0 Å². The lowest BCUT2D eigenvalue weighted by molar-refractivity contribution is -0.141. The molecule has 0 aliphatic carbocycles. The molecule has 13 heavy (non-hydrogen) atoms. The number of amides is 1. The van der Waals surface area contributed by atoms with Gasteiger partial charge in [0.1, 0.15) is 5.78 Å². The number of ketones is 1. The molecule has 0 saturated carbocycles. The highest BCUT2D eigenvalue weighted by Gasteiger charge is 2.21. The van der Waals surface area contributed by atoms with E-state index < -0.39 is 17.8 Å². The number of nitrogens with one attached hydrogen (secondary N) is 1. The Morgan fingerprint density at radius 1 is 1.31 bits per heavy atom. The third kappa shape index (κ3) is 4.95. The highest BCUT2D eigenvalue weighted by molar-refractivity contribution is 5.88. The molecule has 74 valence electrons. The molecule has 0 aliphatic rings. The van der Waals surface area contributed by atoms with Crippen LogP contribution in [0.2, 0.25) is 0 Å². The summed E-state index contributed by atoms with van der Waals surface area (Å²) in [6.07, 6.45) is -0.328. The smallest absolute Gasteiger partial charge is 0.304 e. The Morgan fingerprint density at radius 2 is 1.85 bits per heavy atom. The summed E-state index contributed by atoms with van der Waals surface area (Å²) in [6.45, 7) is 1.33. The van der Waals surface area contributed by atoms with E-state index in [0.29, 0.717) is 0 Å². The van der Waals surface area contributed by atoms with E-state index >= 15 is 0 Å². The van der Waals surface area contributed by atoms with Crippen LogP contribution in [-0.2, 0) is 14.4 Å². The third-order valence-electron chi connectivity index (χ3n) is 1.57. The van der Waals surface area contributed by atoms with Gasteiger partial charge in [0.05, 0.1) is 12.3 Å². The van der Waals surface area contributed by atoms with Gasteiger partial charge in [-0.25, -0.2) is 0 Å². The van der Waals surface area contributed by atoms with E-state index in [1.165, 1.54) is 14.0 Å². The van der Waals surface area contributed by atoms with Gasteiger partial charge < -0.3 is 15.2 Å². The molecular formula is C8H13NO4. The number of hydrogen-bond donors (Lipinski definition) is 2. The molecule has 1 unspecified atom stereocenters. The summed E-state index contributed by atoms with van der Waals surface area (Å²) >= 11 is 0. The molecule has 0 aliphatic heterocycles. The molecule has 0 rings (SSSR count). The highest BCUT2D eigenvalue weighted by Crippen LogP contribution is 2.09. The van der Waals surface area contributed by atoms with Crippen LogP contribution >= 0.6 is 0 Å². The van der Waals surface area contributed by atoms with Gasteiger partial charge in [-0.2, -0.15) is 0 Å². The zero-order valence-electron chi connectivity index (χ0n) is 7.66. The standard InChI is InChI=1S/C8H13NO4/c1-5(10)3-6(4-7(11)12)8(13)9-2/h6H,3-4H2,1-2H3,(H,9,13)(H,11,12). The maximum absolute atomic E-state index is 11.1. The Kier molecular flexibility index (Phi) is 4.72. The lowest BCUT2D eigenvalue weighted by atomic mass is 9.98. The van der Waals surface area contributed by atoms with Gasteiger partial charge >= 0.3 is 5.97 Å². The summed E-state index contributed by atoms with van der Waals surface area (Å²) in [5, 5.41) is 10.8. The molecule has 5 nitrogen and oxygen atoms in total. The first kappa shape index (κ1) is 11.6. The summed E-state index contributed by atoms with van der Waals surface area (Å²) in [5.74, 6) is -2.41. The number of aliphatic carboxylic acids is 1. The van der Waals surface area contributed by atoms with Crippen LogP contribution in [0.15, 0.2) is 0 Å². The van der Waals surface area contributed by atoms with Crippen molar-refractivity contribution in [3.63, 3.8) is 0 Å². The third-order valence-corrected chi connectivity index (χ3v) is 1.57. The van der Waals surface area contributed by atoms with E-state index in [-0.39, 0.29) is 18.6 Å². The average Bonchev–Trinajstić information content (AvgIpc) is 2.00. The van der Waals surface area contributed by atoms with Crippen molar-refractivity contribution in [3.05, 3.63) is 0 Å². The second-order valence-corrected chi connectivity index (χ2v) is 2.82. The van der Waals surface area contributed by atoms with Crippen molar-refractivity contribution in [1.82, 2.24) is 5.32 Å². The Labute approximate surface area is 76.1 Å². The lowest BCUT2D eigenvalue weighted by Gasteiger charge is -2.10. The largest absolute Gasteiger partial charge is 0.481 e. The van der Waals surface area contributed by atoms with Crippen molar-refractivity contribution in [3.8, 4) is 0 Å². The number of Topliss-reactive ketones (excluding diaryl/α,β-unsaturated/α-hetero) is 1. The Bertz CT molecular complexity index is 208. The van der Waals surface area contributed by atoms with Gasteiger partial charge in [0, 0.05) is 13.5 Å².